The second kappa shape index (κ2) is 3.41. The normalized spacial score (nSPS) is 23.9. The third-order valence-electron chi connectivity index (χ3n) is 2.57. The number of aromatic hydroxyl groups is 1. The molecule has 0 radical (unpaired) electrons. The Kier molecular flexibility index (Phi) is 2.34. The van der Waals surface area contributed by atoms with Gasteiger partial charge in [0.1, 0.15) is 0 Å². The number of aliphatic carboxylic acids is 1. The molecule has 5 heteroatoms. The highest BCUT2D eigenvalue weighted by molar-refractivity contribution is 8.00. The van der Waals surface area contributed by atoms with E-state index in [1.807, 2.05) is 13.8 Å². The van der Waals surface area contributed by atoms with Gasteiger partial charge < -0.3 is 10.2 Å². The Balaban J connectivity index is 2.62. The van der Waals surface area contributed by atoms with E-state index >= 15 is 0 Å². The summed E-state index contributed by atoms with van der Waals surface area (Å²) in [5, 5.41) is 19.4. The minimum Gasteiger partial charge on any atom is -0.502 e. The zero-order chi connectivity index (χ0) is 11.2. The van der Waals surface area contributed by atoms with Gasteiger partial charge in [0.2, 0.25) is 0 Å². The van der Waals surface area contributed by atoms with E-state index in [1.54, 1.807) is 16.7 Å². The number of hydrogen-bond acceptors (Lipinski definition) is 3. The van der Waals surface area contributed by atoms with Crippen LogP contribution in [0.15, 0.2) is 17.2 Å². The van der Waals surface area contributed by atoms with Gasteiger partial charge in [-0.25, -0.2) is 4.79 Å². The number of carboxylic acid groups (broad SMARTS) is 1. The van der Waals surface area contributed by atoms with E-state index in [0.717, 1.165) is 5.69 Å². The van der Waals surface area contributed by atoms with Crippen LogP contribution in [0.2, 0.25) is 0 Å². The average Bonchev–Trinajstić information content (AvgIpc) is 2.50. The van der Waals surface area contributed by atoms with Gasteiger partial charge in [0.25, 0.3) is 11.1 Å². The highest BCUT2D eigenvalue weighted by atomic mass is 32.2. The summed E-state index contributed by atoms with van der Waals surface area (Å²) in [6.45, 7) is 3.70. The van der Waals surface area contributed by atoms with Gasteiger partial charge in [-0.1, -0.05) is 0 Å². The lowest BCUT2D eigenvalue weighted by Crippen LogP contribution is -2.47. The van der Waals surface area contributed by atoms with Crippen LogP contribution in [-0.2, 0) is 4.79 Å². The molecule has 2 N–H and O–H groups in total. The van der Waals surface area contributed by atoms with Crippen LogP contribution in [0.1, 0.15) is 18.7 Å². The molecule has 2 rings (SSSR count). The molecule has 0 fully saturated rings. The first kappa shape index (κ1) is 10.3. The maximum absolute atomic E-state index is 11.1. The zero-order valence-corrected chi connectivity index (χ0v) is 9.28. The van der Waals surface area contributed by atoms with Crippen molar-refractivity contribution in [2.45, 2.75) is 30.2 Å². The molecule has 0 aromatic carbocycles. The van der Waals surface area contributed by atoms with E-state index in [-0.39, 0.29) is 11.0 Å². The Morgan fingerprint density at radius 1 is 1.53 bits per heavy atom. The van der Waals surface area contributed by atoms with Crippen LogP contribution in [0.4, 0.5) is 0 Å². The zero-order valence-electron chi connectivity index (χ0n) is 8.47. The molecule has 1 aliphatic heterocycles. The van der Waals surface area contributed by atoms with Crippen LogP contribution < -0.4 is 4.57 Å². The van der Waals surface area contributed by atoms with Crippen molar-refractivity contribution in [3.05, 3.63) is 17.8 Å². The van der Waals surface area contributed by atoms with Gasteiger partial charge in [-0.15, -0.1) is 0 Å². The molecule has 0 saturated carbocycles. The summed E-state index contributed by atoms with van der Waals surface area (Å²) >= 11 is 1.40. The molecule has 1 aromatic heterocycles. The number of hydrogen-bond donors (Lipinski definition) is 2. The quantitative estimate of drug-likeness (QED) is 0.704. The Labute approximate surface area is 91.6 Å². The van der Waals surface area contributed by atoms with Gasteiger partial charge in [0, 0.05) is 13.0 Å². The van der Waals surface area contributed by atoms with Crippen LogP contribution in [0.5, 0.6) is 5.75 Å². The minimum absolute atomic E-state index is 0.0606. The summed E-state index contributed by atoms with van der Waals surface area (Å²) < 4.78 is 1.69. The van der Waals surface area contributed by atoms with Gasteiger partial charge in [-0.3, -0.25) is 0 Å². The van der Waals surface area contributed by atoms with Crippen molar-refractivity contribution >= 4 is 17.7 Å². The second-order valence-corrected chi connectivity index (χ2v) is 5.01. The molecule has 0 unspecified atom stereocenters. The number of carbonyl (C=O) groups is 1. The first-order valence-electron chi connectivity index (χ1n) is 4.66. The van der Waals surface area contributed by atoms with Crippen LogP contribution in [-0.4, -0.2) is 21.4 Å². The van der Waals surface area contributed by atoms with Crippen LogP contribution in [0.3, 0.4) is 0 Å². The molecule has 15 heavy (non-hydrogen) atoms. The smallest absolute Gasteiger partial charge is 0.374 e. The topological polar surface area (TPSA) is 61.4 Å². The number of carboxylic acids is 1. The fraction of sp³-hybridized carbons (Fsp3) is 0.400. The van der Waals surface area contributed by atoms with E-state index in [1.165, 1.54) is 11.8 Å². The van der Waals surface area contributed by atoms with Crippen molar-refractivity contribution in [2.24, 2.45) is 0 Å². The van der Waals surface area contributed by atoms with Crippen LogP contribution in [0.25, 0.3) is 0 Å². The van der Waals surface area contributed by atoms with E-state index < -0.39 is 12.0 Å². The Bertz CT molecular complexity index is 433. The van der Waals surface area contributed by atoms with E-state index in [0.29, 0.717) is 5.03 Å². The van der Waals surface area contributed by atoms with Gasteiger partial charge in [0.05, 0.1) is 5.25 Å². The molecule has 0 saturated heterocycles. The number of rotatable bonds is 1. The lowest BCUT2D eigenvalue weighted by Gasteiger charge is -2.05. The van der Waals surface area contributed by atoms with Gasteiger partial charge in [-0.2, -0.15) is 4.57 Å². The van der Waals surface area contributed by atoms with Gasteiger partial charge >= 0.3 is 5.97 Å². The predicted octanol–water partition coefficient (Wildman–Crippen LogP) is 1.11. The molecule has 0 bridgehead atoms. The van der Waals surface area contributed by atoms with Crippen molar-refractivity contribution in [1.82, 2.24) is 0 Å². The van der Waals surface area contributed by atoms with Gasteiger partial charge in [-0.05, 0) is 24.8 Å². The monoisotopic (exact) mass is 226 g/mol. The SMILES string of the molecule is Cc1ccc(O)c2[n+]1[C@H](C(=O)O)[C@@H](C)S2. The molecule has 4 nitrogen and oxygen atoms in total. The maximum atomic E-state index is 11.1. The predicted molar refractivity (Wildman–Crippen MR) is 55.0 cm³/mol. The van der Waals surface area contributed by atoms with Crippen molar-refractivity contribution in [2.75, 3.05) is 0 Å². The molecule has 80 valence electrons. The molecular weight excluding hydrogens is 214 g/mol. The highest BCUT2D eigenvalue weighted by Crippen LogP contribution is 2.38. The Morgan fingerprint density at radius 3 is 2.80 bits per heavy atom. The minimum atomic E-state index is -0.854. The lowest BCUT2D eigenvalue weighted by molar-refractivity contribution is -0.744. The fourth-order valence-corrected chi connectivity index (χ4v) is 3.14. The largest absolute Gasteiger partial charge is 0.502 e. The summed E-state index contributed by atoms with van der Waals surface area (Å²) in [7, 11) is 0. The second-order valence-electron chi connectivity index (χ2n) is 3.64. The van der Waals surface area contributed by atoms with Crippen molar-refractivity contribution in [3.8, 4) is 5.75 Å². The molecular formula is C10H12NO3S+. The van der Waals surface area contributed by atoms with E-state index in [4.69, 9.17) is 5.11 Å². The number of aromatic nitrogens is 1. The number of thioether (sulfide) groups is 1. The van der Waals surface area contributed by atoms with Gasteiger partial charge in [0.15, 0.2) is 11.4 Å². The van der Waals surface area contributed by atoms with E-state index in [2.05, 4.69) is 0 Å². The van der Waals surface area contributed by atoms with Crippen molar-refractivity contribution < 1.29 is 19.6 Å². The summed E-state index contributed by atoms with van der Waals surface area (Å²) in [5.41, 5.74) is 0.854. The maximum Gasteiger partial charge on any atom is 0.374 e. The first-order chi connectivity index (χ1) is 7.02. The summed E-state index contributed by atoms with van der Waals surface area (Å²) in [6, 6.07) is 2.75. The summed E-state index contributed by atoms with van der Waals surface area (Å²) in [5.74, 6) is -0.700. The average molecular weight is 226 g/mol. The van der Waals surface area contributed by atoms with E-state index in [9.17, 15) is 9.90 Å². The molecule has 0 amide bonds. The van der Waals surface area contributed by atoms with Crippen molar-refractivity contribution in [3.63, 3.8) is 0 Å². The summed E-state index contributed by atoms with van der Waals surface area (Å²) in [4.78, 5) is 11.1. The third-order valence-corrected chi connectivity index (χ3v) is 3.83. The van der Waals surface area contributed by atoms with Crippen molar-refractivity contribution in [1.29, 1.82) is 0 Å². The number of aryl methyl sites for hydroxylation is 1. The highest BCUT2D eigenvalue weighted by Gasteiger charge is 2.46. The fourth-order valence-electron chi connectivity index (χ4n) is 1.86. The molecule has 0 spiro atoms. The Morgan fingerprint density at radius 2 is 2.20 bits per heavy atom. The first-order valence-corrected chi connectivity index (χ1v) is 5.54. The number of fused-ring (bicyclic) bond motifs is 1. The molecule has 1 aliphatic rings. The molecule has 2 atom stereocenters. The lowest BCUT2D eigenvalue weighted by atomic mass is 10.2. The van der Waals surface area contributed by atoms with Crippen LogP contribution in [0, 0.1) is 6.92 Å². The molecule has 1 aromatic rings. The third kappa shape index (κ3) is 1.47. The summed E-state index contributed by atoms with van der Waals surface area (Å²) in [6.07, 6.45) is 0. The van der Waals surface area contributed by atoms with Crippen LogP contribution >= 0.6 is 11.8 Å². The number of pyridine rings is 1. The standard InChI is InChI=1S/C10H11NO3S/c1-5-3-4-7(12)9-11(5)8(10(13)14)6(2)15-9/h3-4,6,8H,1-2H3,(H-,12,13,14)/p+1/t6-,8+/m1/s1. The molecule has 0 aliphatic carbocycles. The molecule has 2 heterocycles. The Hall–Kier alpha value is -1.23. The number of nitrogens with zero attached hydrogens (tertiary/aromatic N) is 1.